The summed E-state index contributed by atoms with van der Waals surface area (Å²) >= 11 is 0. The van der Waals surface area contributed by atoms with Crippen LogP contribution in [0.4, 0.5) is 14.5 Å². The predicted molar refractivity (Wildman–Crippen MR) is 48.7 cm³/mol. The number of amides is 1. The third-order valence-corrected chi connectivity index (χ3v) is 1.80. The third kappa shape index (κ3) is 1.95. The number of methoxy groups -OCH3 is 1. The predicted octanol–water partition coefficient (Wildman–Crippen LogP) is 0.709. The molecule has 0 aliphatic carbocycles. The molecule has 15 heavy (non-hydrogen) atoms. The van der Waals surface area contributed by atoms with Crippen LogP contribution in [0.3, 0.4) is 0 Å². The molecule has 82 valence electrons. The number of hydrogen-bond acceptors (Lipinski definition) is 4. The summed E-state index contributed by atoms with van der Waals surface area (Å²) in [7, 11) is 1.18. The number of nitrogens with zero attached hydrogens (tertiary/aromatic N) is 1. The van der Waals surface area contributed by atoms with Gasteiger partial charge in [-0.1, -0.05) is 0 Å². The van der Waals surface area contributed by atoms with E-state index in [2.05, 4.69) is 9.72 Å². The van der Waals surface area contributed by atoms with Gasteiger partial charge in [0.1, 0.15) is 5.56 Å². The van der Waals surface area contributed by atoms with E-state index in [1.165, 1.54) is 7.11 Å². The Kier molecular flexibility index (Phi) is 3.03. The number of alkyl halides is 2. The van der Waals surface area contributed by atoms with Gasteiger partial charge in [-0.05, 0) is 0 Å². The zero-order valence-corrected chi connectivity index (χ0v) is 7.83. The van der Waals surface area contributed by atoms with Crippen LogP contribution in [-0.2, 0) is 0 Å². The zero-order valence-electron chi connectivity index (χ0n) is 7.83. The van der Waals surface area contributed by atoms with Crippen LogP contribution >= 0.6 is 0 Å². The van der Waals surface area contributed by atoms with Gasteiger partial charge >= 0.3 is 0 Å². The fraction of sp³-hybridized carbons (Fsp3) is 0.250. The zero-order chi connectivity index (χ0) is 11.6. The molecule has 0 aromatic carbocycles. The maximum absolute atomic E-state index is 12.6. The quantitative estimate of drug-likeness (QED) is 0.779. The number of nitrogen functional groups attached to an aromatic ring is 1. The lowest BCUT2D eigenvalue weighted by molar-refractivity contribution is 0.1000. The van der Waals surface area contributed by atoms with Gasteiger partial charge in [-0.15, -0.1) is 0 Å². The van der Waals surface area contributed by atoms with E-state index in [1.54, 1.807) is 0 Å². The van der Waals surface area contributed by atoms with Gasteiger partial charge in [-0.25, -0.2) is 13.8 Å². The van der Waals surface area contributed by atoms with E-state index in [1.807, 2.05) is 0 Å². The molecule has 1 amide bonds. The van der Waals surface area contributed by atoms with Crippen molar-refractivity contribution in [2.24, 2.45) is 5.73 Å². The van der Waals surface area contributed by atoms with E-state index in [4.69, 9.17) is 11.5 Å². The Labute approximate surface area is 84.0 Å². The van der Waals surface area contributed by atoms with Crippen molar-refractivity contribution < 1.29 is 18.3 Å². The Bertz CT molecular complexity index is 396. The van der Waals surface area contributed by atoms with E-state index in [9.17, 15) is 13.6 Å². The lowest BCUT2D eigenvalue weighted by Crippen LogP contribution is -2.16. The number of carbonyl (C=O) groups is 1. The van der Waals surface area contributed by atoms with Crippen LogP contribution in [0.1, 0.15) is 22.3 Å². The van der Waals surface area contributed by atoms with Gasteiger partial charge in [0.05, 0.1) is 18.4 Å². The Morgan fingerprint density at radius 3 is 2.60 bits per heavy atom. The number of halogens is 2. The topological polar surface area (TPSA) is 91.2 Å². The molecular weight excluding hydrogens is 208 g/mol. The van der Waals surface area contributed by atoms with Crippen LogP contribution < -0.4 is 16.2 Å². The maximum Gasteiger partial charge on any atom is 0.271 e. The van der Waals surface area contributed by atoms with Crippen LogP contribution in [0.5, 0.6) is 5.88 Å². The second-order valence-electron chi connectivity index (χ2n) is 2.67. The summed E-state index contributed by atoms with van der Waals surface area (Å²) in [6.45, 7) is 0. The first kappa shape index (κ1) is 11.2. The number of ether oxygens (including phenoxy) is 1. The number of carbonyl (C=O) groups excluding carboxylic acids is 1. The van der Waals surface area contributed by atoms with Gasteiger partial charge < -0.3 is 16.2 Å². The summed E-state index contributed by atoms with van der Waals surface area (Å²) in [5, 5.41) is 0. The van der Waals surface area contributed by atoms with E-state index >= 15 is 0 Å². The highest BCUT2D eigenvalue weighted by molar-refractivity contribution is 5.98. The molecule has 1 rings (SSSR count). The van der Waals surface area contributed by atoms with E-state index in [0.717, 1.165) is 6.20 Å². The Morgan fingerprint density at radius 1 is 1.60 bits per heavy atom. The van der Waals surface area contributed by atoms with Crippen LogP contribution in [0, 0.1) is 0 Å². The second kappa shape index (κ2) is 4.07. The molecule has 0 aliphatic heterocycles. The summed E-state index contributed by atoms with van der Waals surface area (Å²) in [6, 6.07) is 0. The van der Waals surface area contributed by atoms with Crippen molar-refractivity contribution in [1.82, 2.24) is 4.98 Å². The average molecular weight is 217 g/mol. The Morgan fingerprint density at radius 2 is 2.20 bits per heavy atom. The molecule has 1 heterocycles. The molecule has 5 nitrogen and oxygen atoms in total. The molecule has 1 aromatic rings. The largest absolute Gasteiger partial charge is 0.481 e. The molecule has 0 radical (unpaired) electrons. The van der Waals surface area contributed by atoms with Crippen LogP contribution in [0.2, 0.25) is 0 Å². The first-order valence-electron chi connectivity index (χ1n) is 3.89. The van der Waals surface area contributed by atoms with E-state index in [0.29, 0.717) is 0 Å². The van der Waals surface area contributed by atoms with Gasteiger partial charge in [0.15, 0.2) is 0 Å². The third-order valence-electron chi connectivity index (χ3n) is 1.80. The second-order valence-corrected chi connectivity index (χ2v) is 2.67. The smallest absolute Gasteiger partial charge is 0.271 e. The van der Waals surface area contributed by atoms with Crippen molar-refractivity contribution in [3.63, 3.8) is 0 Å². The van der Waals surface area contributed by atoms with Crippen molar-refractivity contribution in [3.05, 3.63) is 17.3 Å². The highest BCUT2D eigenvalue weighted by Gasteiger charge is 2.23. The molecule has 0 saturated heterocycles. The molecule has 1 aromatic heterocycles. The van der Waals surface area contributed by atoms with E-state index < -0.39 is 23.6 Å². The molecule has 0 aliphatic rings. The van der Waals surface area contributed by atoms with Crippen molar-refractivity contribution in [1.29, 1.82) is 0 Å². The molecule has 0 bridgehead atoms. The first-order chi connectivity index (χ1) is 6.99. The van der Waals surface area contributed by atoms with Gasteiger partial charge in [-0.3, -0.25) is 4.79 Å². The highest BCUT2D eigenvalue weighted by atomic mass is 19.3. The molecule has 7 heteroatoms. The molecule has 0 unspecified atom stereocenters. The average Bonchev–Trinajstić information content (AvgIpc) is 2.15. The van der Waals surface area contributed by atoms with Crippen LogP contribution in [0.25, 0.3) is 0 Å². The van der Waals surface area contributed by atoms with Crippen molar-refractivity contribution >= 4 is 11.6 Å². The molecule has 0 fully saturated rings. The minimum Gasteiger partial charge on any atom is -0.481 e. The van der Waals surface area contributed by atoms with Crippen LogP contribution in [-0.4, -0.2) is 18.0 Å². The first-order valence-corrected chi connectivity index (χ1v) is 3.89. The lowest BCUT2D eigenvalue weighted by atomic mass is 10.1. The van der Waals surface area contributed by atoms with Gasteiger partial charge in [0, 0.05) is 6.20 Å². The SMILES string of the molecule is COc1ncc(C(N)=O)c(N)c1C(F)F. The van der Waals surface area contributed by atoms with Crippen molar-refractivity contribution in [2.75, 3.05) is 12.8 Å². The highest BCUT2D eigenvalue weighted by Crippen LogP contribution is 2.33. The summed E-state index contributed by atoms with van der Waals surface area (Å²) in [5.41, 5.74) is 9.03. The fourth-order valence-corrected chi connectivity index (χ4v) is 1.09. The van der Waals surface area contributed by atoms with E-state index in [-0.39, 0.29) is 11.4 Å². The monoisotopic (exact) mass is 217 g/mol. The standard InChI is InChI=1S/C8H9F2N3O2/c1-15-8-4(6(9)10)5(11)3(2-13-8)7(12)14/h2,6H,1H3,(H2,11,13)(H2,12,14). The molecular formula is C8H9F2N3O2. The number of hydrogen-bond donors (Lipinski definition) is 2. The summed E-state index contributed by atoms with van der Waals surface area (Å²) in [6.07, 6.45) is -1.88. The summed E-state index contributed by atoms with van der Waals surface area (Å²) in [5.74, 6) is -1.22. The molecule has 0 atom stereocenters. The number of anilines is 1. The van der Waals surface area contributed by atoms with Crippen LogP contribution in [0.15, 0.2) is 6.20 Å². The van der Waals surface area contributed by atoms with Gasteiger partial charge in [-0.2, -0.15) is 0 Å². The number of rotatable bonds is 3. The Balaban J connectivity index is 3.42. The van der Waals surface area contributed by atoms with Gasteiger partial charge in [0.25, 0.3) is 12.3 Å². The number of nitrogens with two attached hydrogens (primary N) is 2. The number of pyridine rings is 1. The minimum absolute atomic E-state index is 0.244. The number of aromatic nitrogens is 1. The summed E-state index contributed by atoms with van der Waals surface area (Å²) in [4.78, 5) is 14.3. The van der Waals surface area contributed by atoms with Crippen molar-refractivity contribution in [3.8, 4) is 5.88 Å². The minimum atomic E-state index is -2.88. The summed E-state index contributed by atoms with van der Waals surface area (Å²) < 4.78 is 29.7. The molecule has 4 N–H and O–H groups in total. The lowest BCUT2D eigenvalue weighted by Gasteiger charge is -2.11. The molecule has 0 spiro atoms. The number of primary amides is 1. The fourth-order valence-electron chi connectivity index (χ4n) is 1.09. The van der Waals surface area contributed by atoms with Gasteiger partial charge in [0.2, 0.25) is 5.88 Å². The normalized spacial score (nSPS) is 10.4. The van der Waals surface area contributed by atoms with Crippen molar-refractivity contribution in [2.45, 2.75) is 6.43 Å². The molecule has 0 saturated carbocycles. The maximum atomic E-state index is 12.6. The Hall–Kier alpha value is -1.92.